The SMILES string of the molecule is CCOC(=O)C1=C(C)NC(C)(c2nc(-c3cccc(Cl)c3)cs2)C(C(=O)OCC)C1c1ccccc1. The van der Waals surface area contributed by atoms with Crippen LogP contribution in [0.3, 0.4) is 0 Å². The van der Waals surface area contributed by atoms with E-state index in [1.165, 1.54) is 11.3 Å². The Hall–Kier alpha value is -3.16. The van der Waals surface area contributed by atoms with Crippen molar-refractivity contribution in [3.8, 4) is 11.3 Å². The molecule has 0 saturated heterocycles. The third-order valence-corrected chi connectivity index (χ3v) is 7.70. The number of benzene rings is 2. The van der Waals surface area contributed by atoms with Crippen molar-refractivity contribution in [2.45, 2.75) is 39.2 Å². The Labute approximate surface area is 220 Å². The zero-order valence-corrected chi connectivity index (χ0v) is 22.3. The molecule has 3 unspecified atom stereocenters. The van der Waals surface area contributed by atoms with Gasteiger partial charge in [0, 0.05) is 27.6 Å². The number of nitrogens with one attached hydrogen (secondary N) is 1. The summed E-state index contributed by atoms with van der Waals surface area (Å²) in [5, 5.41) is 6.74. The highest BCUT2D eigenvalue weighted by Gasteiger charge is 2.54. The Morgan fingerprint density at radius 2 is 1.81 bits per heavy atom. The number of nitrogens with zero attached hydrogens (tertiary/aromatic N) is 1. The van der Waals surface area contributed by atoms with Crippen molar-refractivity contribution in [2.75, 3.05) is 13.2 Å². The molecule has 0 fully saturated rings. The van der Waals surface area contributed by atoms with E-state index in [1.54, 1.807) is 13.8 Å². The summed E-state index contributed by atoms with van der Waals surface area (Å²) in [7, 11) is 0. The van der Waals surface area contributed by atoms with Gasteiger partial charge in [0.05, 0.1) is 30.4 Å². The minimum atomic E-state index is -0.950. The number of hydrogen-bond donors (Lipinski definition) is 1. The Morgan fingerprint density at radius 1 is 1.08 bits per heavy atom. The van der Waals surface area contributed by atoms with E-state index < -0.39 is 29.3 Å². The molecule has 0 radical (unpaired) electrons. The van der Waals surface area contributed by atoms with Crippen molar-refractivity contribution in [1.29, 1.82) is 0 Å². The molecule has 0 amide bonds. The van der Waals surface area contributed by atoms with E-state index in [2.05, 4.69) is 5.32 Å². The van der Waals surface area contributed by atoms with Crippen LogP contribution in [0.15, 0.2) is 71.2 Å². The maximum atomic E-state index is 13.6. The first-order chi connectivity index (χ1) is 17.3. The molecular formula is C28H29ClN2O4S. The highest BCUT2D eigenvalue weighted by molar-refractivity contribution is 7.10. The van der Waals surface area contributed by atoms with Gasteiger partial charge in [-0.25, -0.2) is 9.78 Å². The summed E-state index contributed by atoms with van der Waals surface area (Å²) in [6, 6.07) is 17.0. The number of esters is 2. The van der Waals surface area contributed by atoms with Gasteiger partial charge in [0.15, 0.2) is 0 Å². The summed E-state index contributed by atoms with van der Waals surface area (Å²) in [6.07, 6.45) is 0. The van der Waals surface area contributed by atoms with E-state index in [0.29, 0.717) is 21.3 Å². The first-order valence-corrected chi connectivity index (χ1v) is 13.2. The lowest BCUT2D eigenvalue weighted by atomic mass is 9.67. The number of carbonyl (C=O) groups excluding carboxylic acids is 2. The van der Waals surface area contributed by atoms with Crippen molar-refractivity contribution >= 4 is 34.9 Å². The topological polar surface area (TPSA) is 77.5 Å². The third kappa shape index (κ3) is 4.90. The molecule has 1 aliphatic heterocycles. The monoisotopic (exact) mass is 524 g/mol. The van der Waals surface area contributed by atoms with Crippen LogP contribution in [0.25, 0.3) is 11.3 Å². The highest BCUT2D eigenvalue weighted by atomic mass is 35.5. The Balaban J connectivity index is 1.90. The van der Waals surface area contributed by atoms with Gasteiger partial charge in [-0.05, 0) is 45.4 Å². The second-order valence-electron chi connectivity index (χ2n) is 8.75. The fourth-order valence-electron chi connectivity index (χ4n) is 4.86. The Morgan fingerprint density at radius 3 is 2.47 bits per heavy atom. The maximum absolute atomic E-state index is 13.6. The molecule has 2 aromatic carbocycles. The van der Waals surface area contributed by atoms with Crippen molar-refractivity contribution in [2.24, 2.45) is 5.92 Å². The molecule has 8 heteroatoms. The molecule has 3 aromatic rings. The second-order valence-corrected chi connectivity index (χ2v) is 10.0. The molecule has 1 N–H and O–H groups in total. The molecule has 3 atom stereocenters. The van der Waals surface area contributed by atoms with Gasteiger partial charge in [0.1, 0.15) is 10.5 Å². The number of thiazole rings is 1. The van der Waals surface area contributed by atoms with Crippen molar-refractivity contribution < 1.29 is 19.1 Å². The molecule has 36 heavy (non-hydrogen) atoms. The fourth-order valence-corrected chi connectivity index (χ4v) is 6.04. The molecule has 0 saturated carbocycles. The summed E-state index contributed by atoms with van der Waals surface area (Å²) in [5.74, 6) is -2.22. The smallest absolute Gasteiger partial charge is 0.336 e. The predicted octanol–water partition coefficient (Wildman–Crippen LogP) is 6.08. The van der Waals surface area contributed by atoms with Gasteiger partial charge in [-0.1, -0.05) is 54.1 Å². The maximum Gasteiger partial charge on any atom is 0.336 e. The Kier molecular flexibility index (Phi) is 7.81. The van der Waals surface area contributed by atoms with E-state index in [9.17, 15) is 9.59 Å². The first-order valence-electron chi connectivity index (χ1n) is 11.9. The molecule has 1 aliphatic rings. The van der Waals surface area contributed by atoms with Crippen LogP contribution >= 0.6 is 22.9 Å². The number of allylic oxidation sites excluding steroid dienone is 1. The number of halogens is 1. The van der Waals surface area contributed by atoms with E-state index >= 15 is 0 Å². The van der Waals surface area contributed by atoms with Crippen molar-refractivity contribution in [3.63, 3.8) is 0 Å². The van der Waals surface area contributed by atoms with Gasteiger partial charge in [-0.15, -0.1) is 11.3 Å². The van der Waals surface area contributed by atoms with Gasteiger partial charge in [-0.3, -0.25) is 4.79 Å². The zero-order chi connectivity index (χ0) is 25.9. The fraction of sp³-hybridized carbons (Fsp3) is 0.321. The first kappa shape index (κ1) is 25.9. The summed E-state index contributed by atoms with van der Waals surface area (Å²) < 4.78 is 11.0. The van der Waals surface area contributed by atoms with Crippen LogP contribution in [0.2, 0.25) is 5.02 Å². The Bertz CT molecular complexity index is 1290. The normalized spacial score (nSPS) is 21.6. The number of aromatic nitrogens is 1. The molecule has 188 valence electrons. The van der Waals surface area contributed by atoms with Gasteiger partial charge in [-0.2, -0.15) is 0 Å². The zero-order valence-electron chi connectivity index (χ0n) is 20.7. The van der Waals surface area contributed by atoms with Gasteiger partial charge >= 0.3 is 11.9 Å². The molecule has 4 rings (SSSR count). The van der Waals surface area contributed by atoms with Crippen LogP contribution in [0, 0.1) is 5.92 Å². The van der Waals surface area contributed by atoms with Crippen LogP contribution in [-0.4, -0.2) is 30.1 Å². The molecule has 0 spiro atoms. The van der Waals surface area contributed by atoms with Crippen LogP contribution in [0.1, 0.15) is 44.2 Å². The molecule has 1 aromatic heterocycles. The van der Waals surface area contributed by atoms with Crippen molar-refractivity contribution in [1.82, 2.24) is 10.3 Å². The molecule has 0 aliphatic carbocycles. The van der Waals surface area contributed by atoms with E-state index in [1.807, 2.05) is 73.8 Å². The predicted molar refractivity (Wildman–Crippen MR) is 142 cm³/mol. The van der Waals surface area contributed by atoms with Crippen LogP contribution < -0.4 is 5.32 Å². The van der Waals surface area contributed by atoms with Crippen LogP contribution in [0.5, 0.6) is 0 Å². The average molecular weight is 525 g/mol. The van der Waals surface area contributed by atoms with Crippen LogP contribution in [0.4, 0.5) is 0 Å². The lowest BCUT2D eigenvalue weighted by Gasteiger charge is -2.45. The average Bonchev–Trinajstić information content (AvgIpc) is 3.36. The van der Waals surface area contributed by atoms with Gasteiger partial charge in [0.2, 0.25) is 0 Å². The lowest BCUT2D eigenvalue weighted by Crippen LogP contribution is -2.55. The van der Waals surface area contributed by atoms with E-state index in [-0.39, 0.29) is 13.2 Å². The quantitative estimate of drug-likeness (QED) is 0.377. The summed E-state index contributed by atoms with van der Waals surface area (Å²) >= 11 is 7.66. The standard InChI is InChI=1S/C28H29ClN2O4S/c1-5-34-25(32)22-17(3)31-28(4,27-30-21(16-36-27)19-13-10-14-20(29)15-19)24(26(33)35-6-2)23(22)18-11-8-7-9-12-18/h7-16,23-24,31H,5-6H2,1-4H3. The highest BCUT2D eigenvalue weighted by Crippen LogP contribution is 2.49. The summed E-state index contributed by atoms with van der Waals surface area (Å²) in [5.41, 5.74) is 2.59. The van der Waals surface area contributed by atoms with Gasteiger partial charge in [0.25, 0.3) is 0 Å². The van der Waals surface area contributed by atoms with E-state index in [4.69, 9.17) is 26.1 Å². The lowest BCUT2D eigenvalue weighted by molar-refractivity contribution is -0.152. The van der Waals surface area contributed by atoms with Crippen molar-refractivity contribution in [3.05, 3.63) is 86.8 Å². The third-order valence-electron chi connectivity index (χ3n) is 6.38. The minimum Gasteiger partial charge on any atom is -0.466 e. The number of rotatable bonds is 7. The summed E-state index contributed by atoms with van der Waals surface area (Å²) in [4.78, 5) is 31.8. The number of carbonyl (C=O) groups is 2. The minimum absolute atomic E-state index is 0.218. The van der Waals surface area contributed by atoms with E-state index in [0.717, 1.165) is 16.8 Å². The molecule has 6 nitrogen and oxygen atoms in total. The molecule has 2 heterocycles. The number of hydrogen-bond acceptors (Lipinski definition) is 7. The largest absolute Gasteiger partial charge is 0.466 e. The number of ether oxygens (including phenoxy) is 2. The van der Waals surface area contributed by atoms with Gasteiger partial charge < -0.3 is 14.8 Å². The molecular weight excluding hydrogens is 496 g/mol. The second kappa shape index (κ2) is 10.8. The molecule has 0 bridgehead atoms. The summed E-state index contributed by atoms with van der Waals surface area (Å²) in [6.45, 7) is 7.77. The van der Waals surface area contributed by atoms with Crippen LogP contribution in [-0.2, 0) is 24.6 Å².